The number of hydrogen-bond donors (Lipinski definition) is 1. The van der Waals surface area contributed by atoms with Gasteiger partial charge in [-0.15, -0.1) is 11.3 Å². The number of aryl methyl sites for hydroxylation is 1. The summed E-state index contributed by atoms with van der Waals surface area (Å²) in [6, 6.07) is 7.70. The van der Waals surface area contributed by atoms with Gasteiger partial charge >= 0.3 is 5.97 Å². The zero-order chi connectivity index (χ0) is 19.9. The lowest BCUT2D eigenvalue weighted by Gasteiger charge is -2.08. The fourth-order valence-corrected chi connectivity index (χ4v) is 4.76. The summed E-state index contributed by atoms with van der Waals surface area (Å²) in [5, 5.41) is 3.52. The van der Waals surface area contributed by atoms with Gasteiger partial charge in [0.1, 0.15) is 5.00 Å². The van der Waals surface area contributed by atoms with E-state index in [9.17, 15) is 9.59 Å². The van der Waals surface area contributed by atoms with E-state index in [0.29, 0.717) is 17.2 Å². The normalized spacial score (nSPS) is 13.8. The highest BCUT2D eigenvalue weighted by Crippen LogP contribution is 2.38. The van der Waals surface area contributed by atoms with Crippen LogP contribution in [0.25, 0.3) is 6.08 Å². The highest BCUT2D eigenvalue weighted by atomic mass is 79.9. The van der Waals surface area contributed by atoms with Crippen LogP contribution in [-0.2, 0) is 22.4 Å². The van der Waals surface area contributed by atoms with Gasteiger partial charge in [-0.25, -0.2) is 4.79 Å². The van der Waals surface area contributed by atoms with Crippen molar-refractivity contribution >= 4 is 50.2 Å². The Kier molecular flexibility index (Phi) is 7.45. The molecule has 3 rings (SSSR count). The van der Waals surface area contributed by atoms with E-state index in [4.69, 9.17) is 4.74 Å². The van der Waals surface area contributed by atoms with Gasteiger partial charge in [0.05, 0.1) is 12.2 Å². The van der Waals surface area contributed by atoms with Crippen molar-refractivity contribution in [2.24, 2.45) is 0 Å². The number of esters is 1. The molecule has 0 spiro atoms. The van der Waals surface area contributed by atoms with E-state index in [1.807, 2.05) is 31.2 Å². The van der Waals surface area contributed by atoms with E-state index in [0.717, 1.165) is 47.7 Å². The van der Waals surface area contributed by atoms with Gasteiger partial charge in [-0.3, -0.25) is 4.79 Å². The number of hydrogen-bond acceptors (Lipinski definition) is 4. The smallest absolute Gasteiger partial charge is 0.341 e. The van der Waals surface area contributed by atoms with E-state index in [2.05, 4.69) is 21.2 Å². The first-order valence-electron chi connectivity index (χ1n) is 9.64. The minimum atomic E-state index is -0.326. The van der Waals surface area contributed by atoms with Crippen LogP contribution in [0.2, 0.25) is 0 Å². The van der Waals surface area contributed by atoms with Gasteiger partial charge in [0.25, 0.3) is 0 Å². The molecule has 28 heavy (non-hydrogen) atoms. The predicted octanol–water partition coefficient (Wildman–Crippen LogP) is 6.00. The third-order valence-electron chi connectivity index (χ3n) is 4.60. The minimum absolute atomic E-state index is 0.246. The van der Waals surface area contributed by atoms with Crippen LogP contribution < -0.4 is 5.32 Å². The summed E-state index contributed by atoms with van der Waals surface area (Å²) in [5.74, 6) is -0.572. The van der Waals surface area contributed by atoms with Crippen molar-refractivity contribution in [3.8, 4) is 0 Å². The summed E-state index contributed by atoms with van der Waals surface area (Å²) in [6.45, 7) is 2.36. The minimum Gasteiger partial charge on any atom is -0.462 e. The molecular weight excluding hydrogens is 438 g/mol. The number of thiophene rings is 1. The molecule has 0 fully saturated rings. The largest absolute Gasteiger partial charge is 0.462 e. The number of carbonyl (C=O) groups excluding carboxylic acids is 2. The van der Waals surface area contributed by atoms with E-state index in [-0.39, 0.29) is 11.9 Å². The summed E-state index contributed by atoms with van der Waals surface area (Å²) in [6.07, 6.45) is 9.21. The highest BCUT2D eigenvalue weighted by molar-refractivity contribution is 9.10. The molecule has 1 aliphatic carbocycles. The van der Waals surface area contributed by atoms with Crippen molar-refractivity contribution in [1.82, 2.24) is 0 Å². The lowest BCUT2D eigenvalue weighted by molar-refractivity contribution is -0.111. The van der Waals surface area contributed by atoms with Crippen LogP contribution in [0.3, 0.4) is 0 Å². The van der Waals surface area contributed by atoms with Crippen LogP contribution in [0, 0.1) is 0 Å². The number of anilines is 1. The van der Waals surface area contributed by atoms with Crippen LogP contribution in [0.15, 0.2) is 34.8 Å². The second-order valence-electron chi connectivity index (χ2n) is 6.78. The molecule has 6 heteroatoms. The lowest BCUT2D eigenvalue weighted by atomic mass is 10.1. The first-order chi connectivity index (χ1) is 13.6. The maximum atomic E-state index is 12.7. The summed E-state index contributed by atoms with van der Waals surface area (Å²) in [4.78, 5) is 26.3. The Morgan fingerprint density at radius 3 is 2.68 bits per heavy atom. The quantitative estimate of drug-likeness (QED) is 0.326. The van der Waals surface area contributed by atoms with Crippen molar-refractivity contribution in [2.75, 3.05) is 11.9 Å². The van der Waals surface area contributed by atoms with Gasteiger partial charge in [0, 0.05) is 15.4 Å². The maximum Gasteiger partial charge on any atom is 0.341 e. The molecule has 2 aromatic rings. The lowest BCUT2D eigenvalue weighted by Crippen LogP contribution is -2.13. The second-order valence-corrected chi connectivity index (χ2v) is 8.80. The zero-order valence-corrected chi connectivity index (χ0v) is 18.3. The average molecular weight is 462 g/mol. The van der Waals surface area contributed by atoms with Gasteiger partial charge in [0.2, 0.25) is 5.91 Å². The van der Waals surface area contributed by atoms with Crippen molar-refractivity contribution in [2.45, 2.75) is 45.4 Å². The summed E-state index contributed by atoms with van der Waals surface area (Å²) < 4.78 is 6.39. The molecule has 1 heterocycles. The predicted molar refractivity (Wildman–Crippen MR) is 118 cm³/mol. The Labute approximate surface area is 178 Å². The molecule has 0 unspecified atom stereocenters. The molecule has 0 saturated carbocycles. The molecule has 1 N–H and O–H groups in total. The summed E-state index contributed by atoms with van der Waals surface area (Å²) in [5.41, 5.74) is 2.56. The van der Waals surface area contributed by atoms with Gasteiger partial charge in [-0.1, -0.05) is 41.4 Å². The number of nitrogens with one attached hydrogen (secondary N) is 1. The number of carbonyl (C=O) groups is 2. The molecule has 0 atom stereocenters. The maximum absolute atomic E-state index is 12.7. The topological polar surface area (TPSA) is 55.4 Å². The first kappa shape index (κ1) is 20.8. The highest BCUT2D eigenvalue weighted by Gasteiger charge is 2.26. The molecule has 0 saturated heterocycles. The molecule has 0 aliphatic heterocycles. The zero-order valence-electron chi connectivity index (χ0n) is 15.9. The molecule has 1 amide bonds. The molecular formula is C22H24BrNO3S. The third kappa shape index (κ3) is 5.32. The van der Waals surface area contributed by atoms with Gasteiger partial charge in [-0.2, -0.15) is 0 Å². The molecule has 148 valence electrons. The molecule has 0 bridgehead atoms. The fourth-order valence-electron chi connectivity index (χ4n) is 3.21. The number of ether oxygens (including phenoxy) is 1. The van der Waals surface area contributed by atoms with Gasteiger partial charge in [0.15, 0.2) is 0 Å². The summed E-state index contributed by atoms with van der Waals surface area (Å²) >= 11 is 4.91. The van der Waals surface area contributed by atoms with Crippen molar-refractivity contribution in [1.29, 1.82) is 0 Å². The monoisotopic (exact) mass is 461 g/mol. The Hall–Kier alpha value is -1.92. The molecule has 1 aliphatic rings. The summed E-state index contributed by atoms with van der Waals surface area (Å²) in [7, 11) is 0. The van der Waals surface area contributed by atoms with Crippen LogP contribution in [0.1, 0.15) is 59.0 Å². The molecule has 0 radical (unpaired) electrons. The van der Waals surface area contributed by atoms with Crippen LogP contribution in [0.4, 0.5) is 5.00 Å². The number of fused-ring (bicyclic) bond motifs is 1. The van der Waals surface area contributed by atoms with E-state index >= 15 is 0 Å². The van der Waals surface area contributed by atoms with Crippen molar-refractivity contribution in [3.63, 3.8) is 0 Å². The molecule has 4 nitrogen and oxygen atoms in total. The standard InChI is InChI=1S/C22H24BrNO3S/c1-2-14-27-22(26)20-17-6-4-3-5-7-18(17)28-21(20)24-19(25)13-10-15-8-11-16(23)12-9-15/h8-13H,2-7,14H2,1H3,(H,24,25)/b13-10+. The number of benzene rings is 1. The van der Waals surface area contributed by atoms with Crippen LogP contribution in [-0.4, -0.2) is 18.5 Å². The first-order valence-corrected chi connectivity index (χ1v) is 11.3. The molecule has 1 aromatic carbocycles. The molecule has 1 aromatic heterocycles. The van der Waals surface area contributed by atoms with Gasteiger partial charge < -0.3 is 10.1 Å². The van der Waals surface area contributed by atoms with E-state index in [1.54, 1.807) is 6.08 Å². The van der Waals surface area contributed by atoms with Crippen LogP contribution in [0.5, 0.6) is 0 Å². The Balaban J connectivity index is 1.80. The van der Waals surface area contributed by atoms with E-state index in [1.165, 1.54) is 28.7 Å². The third-order valence-corrected chi connectivity index (χ3v) is 6.33. The SMILES string of the molecule is CCCOC(=O)c1c(NC(=O)/C=C/c2ccc(Br)cc2)sc2c1CCCCC2. The van der Waals surface area contributed by atoms with Crippen molar-refractivity contribution in [3.05, 3.63) is 56.4 Å². The number of rotatable bonds is 6. The van der Waals surface area contributed by atoms with Gasteiger partial charge in [-0.05, 0) is 61.4 Å². The van der Waals surface area contributed by atoms with E-state index < -0.39 is 0 Å². The Morgan fingerprint density at radius 2 is 1.93 bits per heavy atom. The number of halogens is 1. The Morgan fingerprint density at radius 1 is 1.18 bits per heavy atom. The van der Waals surface area contributed by atoms with Crippen molar-refractivity contribution < 1.29 is 14.3 Å². The number of amides is 1. The second kappa shape index (κ2) is 10.0. The average Bonchev–Trinajstić information content (AvgIpc) is 2.86. The Bertz CT molecular complexity index is 871. The fraction of sp³-hybridized carbons (Fsp3) is 0.364. The van der Waals surface area contributed by atoms with Crippen LogP contribution >= 0.6 is 27.3 Å².